The molecule has 1 unspecified atom stereocenters. The SMILES string of the molecule is CC(c1ccc(Cl)cc1)c1c[nH]c(C(=O)Oc2coc(CO)cc2=O)c1. The quantitative estimate of drug-likeness (QED) is 0.668. The fourth-order valence-electron chi connectivity index (χ4n) is 2.47. The molecule has 0 aliphatic carbocycles. The normalized spacial score (nSPS) is 12.0. The maximum atomic E-state index is 12.2. The first-order chi connectivity index (χ1) is 12.5. The number of H-pyrrole nitrogens is 1. The van der Waals surface area contributed by atoms with Crippen LogP contribution in [0.25, 0.3) is 0 Å². The molecule has 2 N–H and O–H groups in total. The van der Waals surface area contributed by atoms with Gasteiger partial charge >= 0.3 is 5.97 Å². The summed E-state index contributed by atoms with van der Waals surface area (Å²) in [6, 6.07) is 10.2. The van der Waals surface area contributed by atoms with Crippen molar-refractivity contribution in [3.63, 3.8) is 0 Å². The molecule has 1 aromatic carbocycles. The van der Waals surface area contributed by atoms with Crippen LogP contribution < -0.4 is 10.2 Å². The van der Waals surface area contributed by atoms with E-state index in [0.717, 1.165) is 23.5 Å². The van der Waals surface area contributed by atoms with Gasteiger partial charge in [-0.05, 0) is 29.3 Å². The standard InChI is InChI=1S/C19H16ClNO5/c1-11(12-2-4-14(20)5-3-12)13-6-16(21-8-13)19(24)26-18-10-25-15(9-22)7-17(18)23/h2-8,10-11,21-22H,9H2,1H3. The Kier molecular flexibility index (Phi) is 5.25. The number of halogens is 1. The highest BCUT2D eigenvalue weighted by Crippen LogP contribution is 2.26. The van der Waals surface area contributed by atoms with Gasteiger partial charge in [-0.25, -0.2) is 4.79 Å². The van der Waals surface area contributed by atoms with Crippen molar-refractivity contribution >= 4 is 17.6 Å². The monoisotopic (exact) mass is 373 g/mol. The lowest BCUT2D eigenvalue weighted by Gasteiger charge is -2.09. The number of hydrogen-bond acceptors (Lipinski definition) is 5. The summed E-state index contributed by atoms with van der Waals surface area (Å²) in [5.74, 6) is -0.814. The first-order valence-electron chi connectivity index (χ1n) is 7.86. The van der Waals surface area contributed by atoms with Crippen molar-refractivity contribution in [3.8, 4) is 5.75 Å². The number of nitrogens with one attached hydrogen (secondary N) is 1. The van der Waals surface area contributed by atoms with Crippen LogP contribution in [-0.2, 0) is 6.61 Å². The number of esters is 1. The Hall–Kier alpha value is -2.83. The van der Waals surface area contributed by atoms with Gasteiger partial charge in [-0.15, -0.1) is 0 Å². The van der Waals surface area contributed by atoms with E-state index < -0.39 is 18.0 Å². The number of aromatic amines is 1. The van der Waals surface area contributed by atoms with Gasteiger partial charge in [0.05, 0.1) is 0 Å². The van der Waals surface area contributed by atoms with Gasteiger partial charge in [0.15, 0.2) is 0 Å². The van der Waals surface area contributed by atoms with Crippen molar-refractivity contribution < 1.29 is 19.1 Å². The van der Waals surface area contributed by atoms with Crippen LogP contribution in [-0.4, -0.2) is 16.1 Å². The van der Waals surface area contributed by atoms with Gasteiger partial charge in [-0.3, -0.25) is 4.79 Å². The number of hydrogen-bond donors (Lipinski definition) is 2. The van der Waals surface area contributed by atoms with E-state index in [0.29, 0.717) is 5.02 Å². The number of aromatic nitrogens is 1. The summed E-state index contributed by atoms with van der Waals surface area (Å²) < 4.78 is 10.1. The number of ether oxygens (including phenoxy) is 1. The first-order valence-corrected chi connectivity index (χ1v) is 8.24. The van der Waals surface area contributed by atoms with Gasteiger partial charge in [0.25, 0.3) is 0 Å². The summed E-state index contributed by atoms with van der Waals surface area (Å²) in [4.78, 5) is 26.9. The molecule has 134 valence electrons. The average molecular weight is 374 g/mol. The zero-order valence-corrected chi connectivity index (χ0v) is 14.6. The van der Waals surface area contributed by atoms with Gasteiger partial charge in [0.1, 0.15) is 24.3 Å². The third-order valence-corrected chi connectivity index (χ3v) is 4.26. The Balaban J connectivity index is 1.75. The van der Waals surface area contributed by atoms with Crippen molar-refractivity contribution in [3.05, 3.63) is 86.7 Å². The van der Waals surface area contributed by atoms with Crippen LogP contribution in [0.15, 0.2) is 58.1 Å². The number of rotatable bonds is 5. The maximum Gasteiger partial charge on any atom is 0.360 e. The summed E-state index contributed by atoms with van der Waals surface area (Å²) in [6.07, 6.45) is 2.72. The Bertz CT molecular complexity index is 974. The molecular weight excluding hydrogens is 358 g/mol. The van der Waals surface area contributed by atoms with Crippen molar-refractivity contribution in [1.29, 1.82) is 0 Å². The summed E-state index contributed by atoms with van der Waals surface area (Å²) >= 11 is 5.90. The number of aliphatic hydroxyl groups is 1. The van der Waals surface area contributed by atoms with Gasteiger partial charge in [-0.2, -0.15) is 0 Å². The van der Waals surface area contributed by atoms with Crippen LogP contribution in [0.2, 0.25) is 5.02 Å². The summed E-state index contributed by atoms with van der Waals surface area (Å²) in [6.45, 7) is 1.59. The highest BCUT2D eigenvalue weighted by molar-refractivity contribution is 6.30. The van der Waals surface area contributed by atoms with Crippen molar-refractivity contribution in [2.75, 3.05) is 0 Å². The Morgan fingerprint density at radius 2 is 2.00 bits per heavy atom. The number of benzene rings is 1. The molecule has 1 atom stereocenters. The molecule has 6 nitrogen and oxygen atoms in total. The van der Waals surface area contributed by atoms with E-state index in [-0.39, 0.29) is 23.1 Å². The second kappa shape index (κ2) is 7.59. The molecule has 0 amide bonds. The lowest BCUT2D eigenvalue weighted by molar-refractivity contribution is 0.0723. The molecular formula is C19H16ClNO5. The summed E-state index contributed by atoms with van der Waals surface area (Å²) in [5.41, 5.74) is 1.61. The third-order valence-electron chi connectivity index (χ3n) is 4.01. The van der Waals surface area contributed by atoms with E-state index in [4.69, 9.17) is 25.9 Å². The van der Waals surface area contributed by atoms with Crippen molar-refractivity contribution in [2.24, 2.45) is 0 Å². The molecule has 26 heavy (non-hydrogen) atoms. The molecule has 3 aromatic rings. The predicted octanol–water partition coefficient (Wildman–Crippen LogP) is 3.48. The van der Waals surface area contributed by atoms with Crippen molar-refractivity contribution in [2.45, 2.75) is 19.4 Å². The number of aliphatic hydroxyl groups excluding tert-OH is 1. The van der Waals surface area contributed by atoms with Crippen LogP contribution in [0.1, 0.15) is 40.2 Å². The molecule has 7 heteroatoms. The van der Waals surface area contributed by atoms with Gasteiger partial charge in [0.2, 0.25) is 11.2 Å². The fourth-order valence-corrected chi connectivity index (χ4v) is 2.60. The molecule has 2 aromatic heterocycles. The minimum absolute atomic E-state index is 0.0407. The maximum absolute atomic E-state index is 12.2. The second-order valence-electron chi connectivity index (χ2n) is 5.74. The topological polar surface area (TPSA) is 92.5 Å². The van der Waals surface area contributed by atoms with E-state index >= 15 is 0 Å². The zero-order valence-electron chi connectivity index (χ0n) is 13.9. The second-order valence-corrected chi connectivity index (χ2v) is 6.18. The van der Waals surface area contributed by atoms with Crippen LogP contribution >= 0.6 is 11.6 Å². The van der Waals surface area contributed by atoms with E-state index in [1.807, 2.05) is 31.2 Å². The van der Waals surface area contributed by atoms with E-state index in [1.54, 1.807) is 12.3 Å². The Morgan fingerprint density at radius 1 is 1.27 bits per heavy atom. The molecule has 0 aliphatic rings. The minimum atomic E-state index is -0.705. The minimum Gasteiger partial charge on any atom is -0.463 e. The van der Waals surface area contributed by atoms with Gasteiger partial charge in [-0.1, -0.05) is 30.7 Å². The van der Waals surface area contributed by atoms with E-state index in [2.05, 4.69) is 4.98 Å². The molecule has 0 bridgehead atoms. The van der Waals surface area contributed by atoms with E-state index in [9.17, 15) is 9.59 Å². The predicted molar refractivity (Wildman–Crippen MR) is 95.6 cm³/mol. The van der Waals surface area contributed by atoms with Crippen LogP contribution in [0.3, 0.4) is 0 Å². The van der Waals surface area contributed by atoms with Crippen LogP contribution in [0.4, 0.5) is 0 Å². The van der Waals surface area contributed by atoms with Gasteiger partial charge < -0.3 is 19.2 Å². The Morgan fingerprint density at radius 3 is 2.65 bits per heavy atom. The smallest absolute Gasteiger partial charge is 0.360 e. The first kappa shape index (κ1) is 18.0. The zero-order chi connectivity index (χ0) is 18.7. The molecule has 3 rings (SSSR count). The fraction of sp³-hybridized carbons (Fsp3) is 0.158. The highest BCUT2D eigenvalue weighted by Gasteiger charge is 2.17. The van der Waals surface area contributed by atoms with E-state index in [1.165, 1.54) is 0 Å². The Labute approximate surface area is 154 Å². The highest BCUT2D eigenvalue weighted by atomic mass is 35.5. The molecule has 0 radical (unpaired) electrons. The van der Waals surface area contributed by atoms with Gasteiger partial charge in [0, 0.05) is 23.2 Å². The molecule has 0 fully saturated rings. The molecule has 0 saturated heterocycles. The molecule has 2 heterocycles. The van der Waals surface area contributed by atoms with Crippen LogP contribution in [0.5, 0.6) is 5.75 Å². The molecule has 0 aliphatic heterocycles. The average Bonchev–Trinajstić information content (AvgIpc) is 3.13. The summed E-state index contributed by atoms with van der Waals surface area (Å²) in [7, 11) is 0. The largest absolute Gasteiger partial charge is 0.463 e. The molecule has 0 saturated carbocycles. The lowest BCUT2D eigenvalue weighted by Crippen LogP contribution is -2.15. The molecule has 0 spiro atoms. The third kappa shape index (κ3) is 3.87. The van der Waals surface area contributed by atoms with Crippen molar-refractivity contribution in [1.82, 2.24) is 4.98 Å². The lowest BCUT2D eigenvalue weighted by atomic mass is 9.95. The number of carbonyl (C=O) groups excluding carboxylic acids is 1. The van der Waals surface area contributed by atoms with Crippen LogP contribution in [0, 0.1) is 0 Å². The number of carbonyl (C=O) groups is 1. The summed E-state index contributed by atoms with van der Waals surface area (Å²) in [5, 5.41) is 9.58.